The van der Waals surface area contributed by atoms with Crippen LogP contribution < -0.4 is 11.1 Å². The van der Waals surface area contributed by atoms with Crippen molar-refractivity contribution in [3.05, 3.63) is 12.2 Å². The number of nitrogens with one attached hydrogen (secondary N) is 1. The Labute approximate surface area is 99.8 Å². The van der Waals surface area contributed by atoms with Crippen LogP contribution in [0.5, 0.6) is 0 Å². The number of aliphatic carboxylic acids is 1. The highest BCUT2D eigenvalue weighted by molar-refractivity contribution is 5.82. The van der Waals surface area contributed by atoms with Crippen LogP contribution in [0.15, 0.2) is 12.2 Å². The molecule has 1 amide bonds. The topological polar surface area (TPSA) is 102 Å². The molecule has 6 nitrogen and oxygen atoms in total. The fourth-order valence-electron chi connectivity index (χ4n) is 1.65. The number of carboxylic acid groups (broad SMARTS) is 1. The highest BCUT2D eigenvalue weighted by Crippen LogP contribution is 2.17. The van der Waals surface area contributed by atoms with Gasteiger partial charge < -0.3 is 20.9 Å². The van der Waals surface area contributed by atoms with Crippen LogP contribution in [0.1, 0.15) is 12.8 Å². The van der Waals surface area contributed by atoms with E-state index in [0.717, 1.165) is 0 Å². The molecule has 0 bridgehead atoms. The number of carbonyl (C=O) groups is 2. The summed E-state index contributed by atoms with van der Waals surface area (Å²) >= 11 is 0. The van der Waals surface area contributed by atoms with Gasteiger partial charge in [0.15, 0.2) is 0 Å². The molecule has 4 N–H and O–H groups in total. The van der Waals surface area contributed by atoms with Crippen molar-refractivity contribution in [2.24, 2.45) is 11.7 Å². The summed E-state index contributed by atoms with van der Waals surface area (Å²) in [5.74, 6) is -1.67. The fourth-order valence-corrected chi connectivity index (χ4v) is 1.65. The van der Waals surface area contributed by atoms with E-state index in [2.05, 4.69) is 5.32 Å². The molecule has 0 aromatic rings. The van der Waals surface area contributed by atoms with Crippen molar-refractivity contribution in [2.45, 2.75) is 24.9 Å². The van der Waals surface area contributed by atoms with Crippen molar-refractivity contribution in [3.63, 3.8) is 0 Å². The second-order valence-electron chi connectivity index (χ2n) is 4.07. The molecule has 17 heavy (non-hydrogen) atoms. The zero-order valence-electron chi connectivity index (χ0n) is 9.76. The van der Waals surface area contributed by atoms with E-state index in [4.69, 9.17) is 15.6 Å². The summed E-state index contributed by atoms with van der Waals surface area (Å²) in [4.78, 5) is 22.3. The fraction of sp³-hybridized carbons (Fsp3) is 0.636. The van der Waals surface area contributed by atoms with Gasteiger partial charge in [-0.25, -0.2) is 0 Å². The number of carbonyl (C=O) groups excluding carboxylic acids is 1. The minimum Gasteiger partial charge on any atom is -0.481 e. The molecule has 6 heteroatoms. The normalized spacial score (nSPS) is 24.6. The number of ether oxygens (including phenoxy) is 1. The number of carboxylic acids is 1. The summed E-state index contributed by atoms with van der Waals surface area (Å²) in [6, 6.07) is -0.857. The Hall–Kier alpha value is -1.40. The van der Waals surface area contributed by atoms with Gasteiger partial charge in [0.1, 0.15) is 0 Å². The summed E-state index contributed by atoms with van der Waals surface area (Å²) in [5, 5.41) is 11.5. The van der Waals surface area contributed by atoms with Gasteiger partial charge >= 0.3 is 5.97 Å². The Balaban J connectivity index is 2.33. The SMILES string of the molecule is COCCC(N)C(=O)NC1C=CC(C(=O)O)C1. The van der Waals surface area contributed by atoms with Gasteiger partial charge in [-0.3, -0.25) is 9.59 Å². The van der Waals surface area contributed by atoms with Crippen LogP contribution in [0.4, 0.5) is 0 Å². The molecule has 1 rings (SSSR count). The van der Waals surface area contributed by atoms with Crippen LogP contribution in [-0.2, 0) is 14.3 Å². The average molecular weight is 242 g/mol. The molecule has 0 spiro atoms. The maximum atomic E-state index is 11.6. The van der Waals surface area contributed by atoms with Gasteiger partial charge in [0.2, 0.25) is 5.91 Å². The van der Waals surface area contributed by atoms with E-state index in [1.54, 1.807) is 19.3 Å². The molecule has 96 valence electrons. The number of hydrogen-bond acceptors (Lipinski definition) is 4. The average Bonchev–Trinajstić information content (AvgIpc) is 2.74. The standard InChI is InChI=1S/C11H18N2O4/c1-17-5-4-9(12)10(14)13-8-3-2-7(6-8)11(15)16/h2-3,7-9H,4-6,12H2,1H3,(H,13,14)(H,15,16). The highest BCUT2D eigenvalue weighted by atomic mass is 16.5. The van der Waals surface area contributed by atoms with Crippen molar-refractivity contribution in [2.75, 3.05) is 13.7 Å². The Kier molecular flexibility index (Phi) is 5.11. The van der Waals surface area contributed by atoms with Crippen molar-refractivity contribution in [3.8, 4) is 0 Å². The maximum absolute atomic E-state index is 11.6. The van der Waals surface area contributed by atoms with Crippen LogP contribution in [0.2, 0.25) is 0 Å². The third kappa shape index (κ3) is 4.16. The molecule has 1 aliphatic carbocycles. The Morgan fingerprint density at radius 1 is 1.59 bits per heavy atom. The van der Waals surface area contributed by atoms with E-state index in [1.165, 1.54) is 0 Å². The van der Waals surface area contributed by atoms with Gasteiger partial charge in [0.05, 0.1) is 12.0 Å². The van der Waals surface area contributed by atoms with Gasteiger partial charge in [-0.2, -0.15) is 0 Å². The first-order valence-corrected chi connectivity index (χ1v) is 5.50. The lowest BCUT2D eigenvalue weighted by Crippen LogP contribution is -2.45. The molecule has 0 radical (unpaired) electrons. The van der Waals surface area contributed by atoms with Gasteiger partial charge in [-0.15, -0.1) is 0 Å². The minimum atomic E-state index is -0.873. The predicted molar refractivity (Wildman–Crippen MR) is 61.3 cm³/mol. The second-order valence-corrected chi connectivity index (χ2v) is 4.07. The van der Waals surface area contributed by atoms with Crippen LogP contribution in [0.25, 0.3) is 0 Å². The number of rotatable bonds is 6. The molecule has 0 heterocycles. The summed E-state index contributed by atoms with van der Waals surface area (Å²) in [7, 11) is 1.54. The Bertz CT molecular complexity index is 317. The lowest BCUT2D eigenvalue weighted by Gasteiger charge is -2.16. The smallest absolute Gasteiger partial charge is 0.310 e. The first-order valence-electron chi connectivity index (χ1n) is 5.50. The largest absolute Gasteiger partial charge is 0.481 e. The van der Waals surface area contributed by atoms with Crippen molar-refractivity contribution >= 4 is 11.9 Å². The summed E-state index contributed by atoms with van der Waals surface area (Å²) in [6.45, 7) is 0.423. The predicted octanol–water partition coefficient (Wildman–Crippen LogP) is -0.504. The van der Waals surface area contributed by atoms with Crippen molar-refractivity contribution in [1.29, 1.82) is 0 Å². The lowest BCUT2D eigenvalue weighted by molar-refractivity contribution is -0.140. The zero-order valence-corrected chi connectivity index (χ0v) is 9.76. The Morgan fingerprint density at radius 2 is 2.29 bits per heavy atom. The number of hydrogen-bond donors (Lipinski definition) is 3. The zero-order chi connectivity index (χ0) is 12.8. The summed E-state index contributed by atoms with van der Waals surface area (Å²) in [6.07, 6.45) is 4.12. The van der Waals surface area contributed by atoms with E-state index in [9.17, 15) is 9.59 Å². The third-order valence-electron chi connectivity index (χ3n) is 2.70. The molecule has 0 saturated heterocycles. The van der Waals surface area contributed by atoms with Gasteiger partial charge in [0.25, 0.3) is 0 Å². The van der Waals surface area contributed by atoms with Crippen LogP contribution >= 0.6 is 0 Å². The molecule has 0 saturated carbocycles. The van der Waals surface area contributed by atoms with Gasteiger partial charge in [-0.1, -0.05) is 12.2 Å². The van der Waals surface area contributed by atoms with Gasteiger partial charge in [-0.05, 0) is 12.8 Å². The summed E-state index contributed by atoms with van der Waals surface area (Å²) in [5.41, 5.74) is 5.64. The van der Waals surface area contributed by atoms with Crippen LogP contribution in [0.3, 0.4) is 0 Å². The molecule has 3 unspecified atom stereocenters. The molecule has 0 fully saturated rings. The lowest BCUT2D eigenvalue weighted by atomic mass is 10.1. The minimum absolute atomic E-state index is 0.239. The molecule has 3 atom stereocenters. The molecular formula is C11H18N2O4. The summed E-state index contributed by atoms with van der Waals surface area (Å²) < 4.78 is 4.83. The van der Waals surface area contributed by atoms with Crippen LogP contribution in [-0.4, -0.2) is 42.8 Å². The third-order valence-corrected chi connectivity index (χ3v) is 2.70. The van der Waals surface area contributed by atoms with Crippen molar-refractivity contribution in [1.82, 2.24) is 5.32 Å². The molecule has 0 aromatic heterocycles. The quantitative estimate of drug-likeness (QED) is 0.545. The second kappa shape index (κ2) is 6.36. The van der Waals surface area contributed by atoms with E-state index in [1.807, 2.05) is 0 Å². The van der Waals surface area contributed by atoms with E-state index in [0.29, 0.717) is 19.4 Å². The first kappa shape index (κ1) is 13.7. The van der Waals surface area contributed by atoms with Crippen molar-refractivity contribution < 1.29 is 19.4 Å². The van der Waals surface area contributed by atoms with E-state index >= 15 is 0 Å². The van der Waals surface area contributed by atoms with E-state index < -0.39 is 17.9 Å². The molecule has 0 aliphatic heterocycles. The Morgan fingerprint density at radius 3 is 2.82 bits per heavy atom. The number of amides is 1. The van der Waals surface area contributed by atoms with E-state index in [-0.39, 0.29) is 11.9 Å². The number of methoxy groups -OCH3 is 1. The maximum Gasteiger partial charge on any atom is 0.310 e. The molecular weight excluding hydrogens is 224 g/mol. The monoisotopic (exact) mass is 242 g/mol. The van der Waals surface area contributed by atoms with Crippen LogP contribution in [0, 0.1) is 5.92 Å². The van der Waals surface area contributed by atoms with Gasteiger partial charge in [0, 0.05) is 19.8 Å². The molecule has 1 aliphatic rings. The molecule has 0 aromatic carbocycles. The first-order chi connectivity index (χ1) is 8.04. The number of nitrogens with two attached hydrogens (primary N) is 1. The highest BCUT2D eigenvalue weighted by Gasteiger charge is 2.26.